The van der Waals surface area contributed by atoms with Gasteiger partial charge in [-0.05, 0) is 39.3 Å². The molecule has 2 aliphatic heterocycles. The molecule has 154 valence electrons. The van der Waals surface area contributed by atoms with Crippen LogP contribution < -0.4 is 20.9 Å². The Hall–Kier alpha value is -3.43. The van der Waals surface area contributed by atoms with Crippen LogP contribution in [0.25, 0.3) is 0 Å². The minimum Gasteiger partial charge on any atom is -0.453 e. The third-order valence-electron chi connectivity index (χ3n) is 4.88. The maximum Gasteiger partial charge on any atom is 0.322 e. The first-order valence-corrected chi connectivity index (χ1v) is 9.16. The van der Waals surface area contributed by atoms with Crippen LogP contribution in [0.5, 0.6) is 0 Å². The van der Waals surface area contributed by atoms with Crippen LogP contribution in [0.3, 0.4) is 0 Å². The van der Waals surface area contributed by atoms with Gasteiger partial charge in [0.05, 0.1) is 11.4 Å². The van der Waals surface area contributed by atoms with Crippen molar-refractivity contribution < 1.29 is 28.7 Å². The zero-order valence-electron chi connectivity index (χ0n) is 16.3. The standard InChI is InChI=1S/C19H22N4O6/c1-10(29-14(24)9-8-12-15(25)22-18(28)21-12)16(26)23-13-7-5-4-6-11(13)20-17(27)19(23,2)3/h4-7,10,12H,8-9H2,1-3H3,(H,20,27)(H2,21,22,25,28)/t10-,12-/m0/s1. The number of anilines is 2. The Morgan fingerprint density at radius 1 is 1.17 bits per heavy atom. The Kier molecular flexibility index (Phi) is 5.27. The highest BCUT2D eigenvalue weighted by atomic mass is 16.5. The summed E-state index contributed by atoms with van der Waals surface area (Å²) in [5.74, 6) is -2.10. The highest BCUT2D eigenvalue weighted by molar-refractivity contribution is 6.15. The molecule has 3 N–H and O–H groups in total. The molecular weight excluding hydrogens is 380 g/mol. The summed E-state index contributed by atoms with van der Waals surface area (Å²) in [5.41, 5.74) is -0.180. The van der Waals surface area contributed by atoms with E-state index in [1.165, 1.54) is 11.8 Å². The molecule has 10 nitrogen and oxygen atoms in total. The number of hydrogen-bond acceptors (Lipinski definition) is 6. The number of benzene rings is 1. The van der Waals surface area contributed by atoms with Gasteiger partial charge >= 0.3 is 12.0 Å². The van der Waals surface area contributed by atoms with Gasteiger partial charge in [0.25, 0.3) is 11.8 Å². The highest BCUT2D eigenvalue weighted by Crippen LogP contribution is 2.37. The van der Waals surface area contributed by atoms with Gasteiger partial charge in [-0.1, -0.05) is 12.1 Å². The molecule has 5 amide bonds. The zero-order chi connectivity index (χ0) is 21.3. The number of imide groups is 1. The summed E-state index contributed by atoms with van der Waals surface area (Å²) in [6.45, 7) is 4.63. The summed E-state index contributed by atoms with van der Waals surface area (Å²) in [4.78, 5) is 61.6. The molecule has 0 spiro atoms. The molecular formula is C19H22N4O6. The normalized spacial score (nSPS) is 20.9. The molecule has 1 fully saturated rings. The lowest BCUT2D eigenvalue weighted by atomic mass is 9.95. The average Bonchev–Trinajstić information content (AvgIpc) is 2.97. The number of amides is 5. The number of nitrogens with one attached hydrogen (secondary N) is 3. The van der Waals surface area contributed by atoms with Crippen molar-refractivity contribution in [3.05, 3.63) is 24.3 Å². The monoisotopic (exact) mass is 402 g/mol. The summed E-state index contributed by atoms with van der Waals surface area (Å²) in [5, 5.41) is 7.22. The van der Waals surface area contributed by atoms with Gasteiger partial charge in [-0.15, -0.1) is 0 Å². The molecule has 0 bridgehead atoms. The van der Waals surface area contributed by atoms with Crippen LogP contribution in [-0.4, -0.2) is 47.4 Å². The number of esters is 1. The lowest BCUT2D eigenvalue weighted by Crippen LogP contribution is -2.60. The lowest BCUT2D eigenvalue weighted by Gasteiger charge is -2.42. The quantitative estimate of drug-likeness (QED) is 0.490. The SMILES string of the molecule is C[C@H](OC(=O)CC[C@@H]1NC(=O)NC1=O)C(=O)N1c2ccccc2NC(=O)C1(C)C. The van der Waals surface area contributed by atoms with Gasteiger partial charge < -0.3 is 15.4 Å². The van der Waals surface area contributed by atoms with E-state index in [9.17, 15) is 24.0 Å². The van der Waals surface area contributed by atoms with Crippen LogP contribution in [0.1, 0.15) is 33.6 Å². The number of para-hydroxylation sites is 2. The summed E-state index contributed by atoms with van der Waals surface area (Å²) >= 11 is 0. The minimum atomic E-state index is -1.18. The van der Waals surface area contributed by atoms with Crippen molar-refractivity contribution in [2.75, 3.05) is 10.2 Å². The molecule has 2 atom stereocenters. The van der Waals surface area contributed by atoms with Crippen molar-refractivity contribution in [2.45, 2.75) is 51.3 Å². The fourth-order valence-corrected chi connectivity index (χ4v) is 3.26. The maximum absolute atomic E-state index is 13.1. The molecule has 2 aliphatic rings. The van der Waals surface area contributed by atoms with E-state index in [-0.39, 0.29) is 18.7 Å². The predicted molar refractivity (Wildman–Crippen MR) is 102 cm³/mol. The largest absolute Gasteiger partial charge is 0.453 e. The Morgan fingerprint density at radius 3 is 2.52 bits per heavy atom. The number of hydrogen-bond donors (Lipinski definition) is 3. The minimum absolute atomic E-state index is 0.0533. The molecule has 1 aromatic rings. The molecule has 0 radical (unpaired) electrons. The van der Waals surface area contributed by atoms with Gasteiger partial charge in [-0.2, -0.15) is 0 Å². The van der Waals surface area contributed by atoms with E-state index in [1.807, 2.05) is 0 Å². The van der Waals surface area contributed by atoms with Gasteiger partial charge in [0.15, 0.2) is 6.10 Å². The van der Waals surface area contributed by atoms with E-state index in [4.69, 9.17) is 4.74 Å². The van der Waals surface area contributed by atoms with Gasteiger partial charge in [0.1, 0.15) is 11.6 Å². The number of fused-ring (bicyclic) bond motifs is 1. The van der Waals surface area contributed by atoms with Crippen LogP contribution in [0, 0.1) is 0 Å². The Bertz CT molecular complexity index is 896. The fourth-order valence-electron chi connectivity index (χ4n) is 3.26. The van der Waals surface area contributed by atoms with Crippen molar-refractivity contribution in [1.82, 2.24) is 10.6 Å². The Balaban J connectivity index is 1.67. The number of rotatable bonds is 5. The summed E-state index contributed by atoms with van der Waals surface area (Å²) in [6, 6.07) is 5.44. The second-order valence-electron chi connectivity index (χ2n) is 7.39. The average molecular weight is 402 g/mol. The second kappa shape index (κ2) is 7.53. The summed E-state index contributed by atoms with van der Waals surface area (Å²) < 4.78 is 5.22. The third-order valence-corrected chi connectivity index (χ3v) is 4.88. The van der Waals surface area contributed by atoms with Gasteiger partial charge in [-0.25, -0.2) is 4.79 Å². The number of carbonyl (C=O) groups is 5. The Labute approximate surface area is 166 Å². The molecule has 1 aromatic carbocycles. The number of urea groups is 1. The van der Waals surface area contributed by atoms with E-state index in [1.54, 1.807) is 38.1 Å². The number of ether oxygens (including phenoxy) is 1. The van der Waals surface area contributed by atoms with Crippen LogP contribution in [0.4, 0.5) is 16.2 Å². The van der Waals surface area contributed by atoms with Crippen molar-refractivity contribution in [1.29, 1.82) is 0 Å². The smallest absolute Gasteiger partial charge is 0.322 e. The molecule has 2 heterocycles. The first kappa shape index (κ1) is 20.3. The molecule has 3 rings (SSSR count). The summed E-state index contributed by atoms with van der Waals surface area (Å²) in [6.07, 6.45) is -1.25. The number of carbonyl (C=O) groups excluding carboxylic acids is 5. The van der Waals surface area contributed by atoms with Crippen molar-refractivity contribution >= 4 is 41.1 Å². The molecule has 10 heteroatoms. The van der Waals surface area contributed by atoms with E-state index in [0.717, 1.165) is 0 Å². The first-order valence-electron chi connectivity index (χ1n) is 9.16. The highest BCUT2D eigenvalue weighted by Gasteiger charge is 2.45. The van der Waals surface area contributed by atoms with Crippen LogP contribution >= 0.6 is 0 Å². The second-order valence-corrected chi connectivity index (χ2v) is 7.39. The zero-order valence-corrected chi connectivity index (χ0v) is 16.3. The maximum atomic E-state index is 13.1. The predicted octanol–water partition coefficient (Wildman–Crippen LogP) is 0.670. The van der Waals surface area contributed by atoms with E-state index in [0.29, 0.717) is 11.4 Å². The first-order chi connectivity index (χ1) is 13.6. The number of nitrogens with zero attached hydrogens (tertiary/aromatic N) is 1. The van der Waals surface area contributed by atoms with Crippen molar-refractivity contribution in [3.8, 4) is 0 Å². The van der Waals surface area contributed by atoms with Crippen LogP contribution in [0.2, 0.25) is 0 Å². The molecule has 0 aliphatic carbocycles. The Morgan fingerprint density at radius 2 is 1.86 bits per heavy atom. The fraction of sp³-hybridized carbons (Fsp3) is 0.421. The molecule has 1 saturated heterocycles. The van der Waals surface area contributed by atoms with Gasteiger partial charge in [0, 0.05) is 6.42 Å². The topological polar surface area (TPSA) is 134 Å². The lowest BCUT2D eigenvalue weighted by molar-refractivity contribution is -0.154. The molecule has 0 unspecified atom stereocenters. The van der Waals surface area contributed by atoms with Gasteiger partial charge in [0.2, 0.25) is 5.91 Å². The van der Waals surface area contributed by atoms with Crippen molar-refractivity contribution in [3.63, 3.8) is 0 Å². The third kappa shape index (κ3) is 3.91. The van der Waals surface area contributed by atoms with Crippen LogP contribution in [-0.2, 0) is 23.9 Å². The molecule has 0 saturated carbocycles. The van der Waals surface area contributed by atoms with Crippen LogP contribution in [0.15, 0.2) is 24.3 Å². The van der Waals surface area contributed by atoms with Crippen molar-refractivity contribution in [2.24, 2.45) is 0 Å². The van der Waals surface area contributed by atoms with Gasteiger partial charge in [-0.3, -0.25) is 29.4 Å². The van der Waals surface area contributed by atoms with E-state index >= 15 is 0 Å². The molecule has 0 aromatic heterocycles. The molecule has 29 heavy (non-hydrogen) atoms. The summed E-state index contributed by atoms with van der Waals surface area (Å²) in [7, 11) is 0. The van der Waals surface area contributed by atoms with E-state index in [2.05, 4.69) is 16.0 Å². The van der Waals surface area contributed by atoms with E-state index < -0.39 is 41.5 Å².